The maximum Gasteiger partial charge on any atom is 0.245 e. The quantitative estimate of drug-likeness (QED) is 0.475. The van der Waals surface area contributed by atoms with E-state index in [1.165, 1.54) is 31.4 Å². The number of likely N-dealkylation sites (tertiary alicyclic amines) is 1. The van der Waals surface area contributed by atoms with Crippen LogP contribution in [-0.4, -0.2) is 64.6 Å². The van der Waals surface area contributed by atoms with E-state index in [2.05, 4.69) is 22.5 Å². The highest BCUT2D eigenvalue weighted by atomic mass is 16.5. The number of Topliss-reactive ketones (excluding diaryl/α,β-unsaturated/α-hetero) is 1. The number of piperidine rings is 1. The van der Waals surface area contributed by atoms with Crippen molar-refractivity contribution in [2.75, 3.05) is 14.2 Å². The van der Waals surface area contributed by atoms with E-state index in [0.29, 0.717) is 40.7 Å². The Morgan fingerprint density at radius 3 is 2.46 bits per heavy atom. The molecule has 1 aromatic heterocycles. The Morgan fingerprint density at radius 2 is 1.76 bits per heavy atom. The number of fused-ring (bicyclic) bond motifs is 2. The summed E-state index contributed by atoms with van der Waals surface area (Å²) in [5.74, 6) is 1.21. The molecule has 9 nitrogen and oxygen atoms in total. The van der Waals surface area contributed by atoms with E-state index >= 15 is 0 Å². The van der Waals surface area contributed by atoms with Crippen LogP contribution in [0, 0.1) is 5.92 Å². The van der Waals surface area contributed by atoms with Crippen molar-refractivity contribution < 1.29 is 23.9 Å². The van der Waals surface area contributed by atoms with Gasteiger partial charge in [0.2, 0.25) is 11.8 Å². The van der Waals surface area contributed by atoms with Crippen LogP contribution in [0.1, 0.15) is 48.2 Å². The molecular formula is C28H30N4O5. The van der Waals surface area contributed by atoms with Crippen molar-refractivity contribution in [3.8, 4) is 11.5 Å². The van der Waals surface area contributed by atoms with E-state index < -0.39 is 6.04 Å². The van der Waals surface area contributed by atoms with Crippen LogP contribution in [0.4, 0.5) is 0 Å². The predicted octanol–water partition coefficient (Wildman–Crippen LogP) is 2.92. The highest BCUT2D eigenvalue weighted by Crippen LogP contribution is 2.48. The van der Waals surface area contributed by atoms with Crippen LogP contribution in [0.15, 0.2) is 42.5 Å². The van der Waals surface area contributed by atoms with Gasteiger partial charge in [0.05, 0.1) is 19.7 Å². The number of nitrogens with one attached hydrogen (secondary N) is 1. The van der Waals surface area contributed by atoms with Gasteiger partial charge in [-0.2, -0.15) is 5.10 Å². The van der Waals surface area contributed by atoms with Gasteiger partial charge in [-0.15, -0.1) is 0 Å². The number of aromatic nitrogens is 2. The number of methoxy groups -OCH3 is 2. The molecule has 192 valence electrons. The normalized spacial score (nSPS) is 25.5. The lowest BCUT2D eigenvalue weighted by atomic mass is 10.1. The highest BCUT2D eigenvalue weighted by Gasteiger charge is 2.56. The standard InChI is InChI=1S/C28H30N4O5/c1-15(33)27-19-12-24(36-2)25(37-3)13-22(19)31(30-27)14-26(34)32-21-9-17(21)10-23(32)28(35)29-20-11-18(20)16-7-5-4-6-8-16/h4-8,12-13,17-18,20-21,23H,9-11,14H2,1-3H3,(H,29,35)/t17-,18+,20-,21-,23+/m1/s1. The minimum absolute atomic E-state index is 0.0671. The Labute approximate surface area is 214 Å². The average Bonchev–Trinajstić information content (AvgIpc) is 3.78. The van der Waals surface area contributed by atoms with E-state index in [4.69, 9.17) is 9.47 Å². The van der Waals surface area contributed by atoms with Crippen molar-refractivity contribution in [1.29, 1.82) is 0 Å². The molecule has 6 rings (SSSR count). The molecule has 1 aliphatic heterocycles. The Balaban J connectivity index is 1.21. The molecule has 0 unspecified atom stereocenters. The zero-order chi connectivity index (χ0) is 25.8. The number of nitrogens with zero attached hydrogens (tertiary/aromatic N) is 3. The fourth-order valence-corrected chi connectivity index (χ4v) is 5.84. The van der Waals surface area contributed by atoms with Gasteiger partial charge in [-0.05, 0) is 36.8 Å². The lowest BCUT2D eigenvalue weighted by Gasteiger charge is -2.27. The van der Waals surface area contributed by atoms with E-state index in [-0.39, 0.29) is 41.9 Å². The molecule has 2 aliphatic carbocycles. The smallest absolute Gasteiger partial charge is 0.245 e. The molecule has 3 aliphatic rings. The molecule has 2 heterocycles. The second kappa shape index (κ2) is 8.90. The summed E-state index contributed by atoms with van der Waals surface area (Å²) in [5, 5.41) is 8.25. The number of rotatable bonds is 8. The first-order valence-corrected chi connectivity index (χ1v) is 12.7. The molecule has 3 aromatic rings. The van der Waals surface area contributed by atoms with E-state index in [9.17, 15) is 14.4 Å². The Hall–Kier alpha value is -3.88. The van der Waals surface area contributed by atoms with Gasteiger partial charge in [0.25, 0.3) is 0 Å². The number of ketones is 1. The molecule has 0 spiro atoms. The van der Waals surface area contributed by atoms with E-state index in [0.717, 1.165) is 12.8 Å². The summed E-state index contributed by atoms with van der Waals surface area (Å²) in [5.41, 5.74) is 2.10. The molecule has 37 heavy (non-hydrogen) atoms. The van der Waals surface area contributed by atoms with E-state index in [1.807, 2.05) is 18.2 Å². The molecule has 2 saturated carbocycles. The molecule has 5 atom stereocenters. The number of carbonyl (C=O) groups is 3. The second-order valence-corrected chi connectivity index (χ2v) is 10.3. The van der Waals surface area contributed by atoms with Crippen molar-refractivity contribution in [3.63, 3.8) is 0 Å². The maximum absolute atomic E-state index is 13.6. The number of benzene rings is 2. The lowest BCUT2D eigenvalue weighted by molar-refractivity contribution is -0.140. The fourth-order valence-electron chi connectivity index (χ4n) is 5.84. The van der Waals surface area contributed by atoms with Crippen LogP contribution in [-0.2, 0) is 16.1 Å². The first-order chi connectivity index (χ1) is 17.9. The third-order valence-electron chi connectivity index (χ3n) is 7.92. The molecule has 2 amide bonds. The number of hydrogen-bond donors (Lipinski definition) is 1. The van der Waals surface area contributed by atoms with Crippen molar-refractivity contribution in [2.24, 2.45) is 5.92 Å². The molecule has 2 aromatic carbocycles. The third-order valence-corrected chi connectivity index (χ3v) is 7.92. The summed E-state index contributed by atoms with van der Waals surface area (Å²) >= 11 is 0. The monoisotopic (exact) mass is 502 g/mol. The van der Waals surface area contributed by atoms with Crippen LogP contribution in [0.2, 0.25) is 0 Å². The largest absolute Gasteiger partial charge is 0.493 e. The van der Waals surface area contributed by atoms with Crippen LogP contribution < -0.4 is 14.8 Å². The minimum Gasteiger partial charge on any atom is -0.493 e. The van der Waals surface area contributed by atoms with Gasteiger partial charge in [-0.1, -0.05) is 30.3 Å². The van der Waals surface area contributed by atoms with Gasteiger partial charge in [0.15, 0.2) is 17.3 Å². The maximum atomic E-state index is 13.6. The number of ether oxygens (including phenoxy) is 2. The Morgan fingerprint density at radius 1 is 1.03 bits per heavy atom. The third kappa shape index (κ3) is 4.12. The zero-order valence-electron chi connectivity index (χ0n) is 21.1. The summed E-state index contributed by atoms with van der Waals surface area (Å²) in [7, 11) is 3.06. The molecule has 3 fully saturated rings. The van der Waals surface area contributed by atoms with Crippen LogP contribution in [0.3, 0.4) is 0 Å². The summed E-state index contributed by atoms with van der Waals surface area (Å²) < 4.78 is 12.4. The van der Waals surface area contributed by atoms with Crippen LogP contribution >= 0.6 is 0 Å². The van der Waals surface area contributed by atoms with Crippen molar-refractivity contribution in [1.82, 2.24) is 20.0 Å². The van der Waals surface area contributed by atoms with Gasteiger partial charge in [-0.25, -0.2) is 0 Å². The SMILES string of the molecule is COc1cc2c(C(C)=O)nn(CC(=O)N3[C@@H]4C[C@@H]4C[C@H]3C(=O)N[C@@H]3C[C@H]3c3ccccc3)c2cc1OC. The van der Waals surface area contributed by atoms with Crippen LogP contribution in [0.5, 0.6) is 11.5 Å². The van der Waals surface area contributed by atoms with Gasteiger partial charge in [0, 0.05) is 36.4 Å². The average molecular weight is 503 g/mol. The van der Waals surface area contributed by atoms with Crippen molar-refractivity contribution >= 4 is 28.5 Å². The number of amides is 2. The molecule has 1 N–H and O–H groups in total. The molecule has 0 bridgehead atoms. The summed E-state index contributed by atoms with van der Waals surface area (Å²) in [4.78, 5) is 40.9. The molecule has 0 radical (unpaired) electrons. The van der Waals surface area contributed by atoms with E-state index in [1.54, 1.807) is 17.0 Å². The van der Waals surface area contributed by atoms with Crippen molar-refractivity contribution in [3.05, 3.63) is 53.7 Å². The Kier molecular flexibility index (Phi) is 5.66. The van der Waals surface area contributed by atoms with Gasteiger partial charge < -0.3 is 19.7 Å². The van der Waals surface area contributed by atoms with Crippen LogP contribution in [0.25, 0.3) is 10.9 Å². The number of hydrogen-bond acceptors (Lipinski definition) is 6. The van der Waals surface area contributed by atoms with Gasteiger partial charge in [0.1, 0.15) is 18.3 Å². The Bertz CT molecular complexity index is 1400. The summed E-state index contributed by atoms with van der Waals surface area (Å²) in [6, 6.07) is 13.4. The first-order valence-electron chi connectivity index (χ1n) is 12.7. The van der Waals surface area contributed by atoms with Crippen molar-refractivity contribution in [2.45, 2.75) is 56.8 Å². The zero-order valence-corrected chi connectivity index (χ0v) is 21.1. The predicted molar refractivity (Wildman–Crippen MR) is 136 cm³/mol. The van der Waals surface area contributed by atoms with Gasteiger partial charge in [-0.3, -0.25) is 19.1 Å². The molecule has 9 heteroatoms. The topological polar surface area (TPSA) is 103 Å². The second-order valence-electron chi connectivity index (χ2n) is 10.3. The summed E-state index contributed by atoms with van der Waals surface area (Å²) in [6.45, 7) is 1.38. The lowest BCUT2D eigenvalue weighted by Crippen LogP contribution is -2.49. The van der Waals surface area contributed by atoms with Gasteiger partial charge >= 0.3 is 0 Å². The number of carbonyl (C=O) groups excluding carboxylic acids is 3. The fraction of sp³-hybridized carbons (Fsp3) is 0.429. The molecular weight excluding hydrogens is 472 g/mol. The molecule has 1 saturated heterocycles. The highest BCUT2D eigenvalue weighted by molar-refractivity contribution is 6.06. The summed E-state index contributed by atoms with van der Waals surface area (Å²) in [6.07, 6.45) is 2.53. The first kappa shape index (κ1) is 23.5. The minimum atomic E-state index is -0.475.